The standard InChI is InChI=1S/C22H34F2N7O6P/c1-12(2)36-17(32)13(3)27-11-38(34)35-9-22(24)18(33)21(4,23)19(37-22)31-10-26-14-15(30-7-5-6-8-30)28-20(25)29-16(14)31/h10,12-13,18-19,27,33,38H,5-9,11H2,1-4H3,(H2,25,28,29)/t13-,18-,19+,21+,22+/m0/s1. The largest absolute Gasteiger partial charge is 0.462 e. The van der Waals surface area contributed by atoms with Crippen LogP contribution in [0.3, 0.4) is 0 Å². The van der Waals surface area contributed by atoms with Gasteiger partial charge in [-0.25, -0.2) is 13.8 Å². The van der Waals surface area contributed by atoms with Gasteiger partial charge in [0.15, 0.2) is 35.0 Å². The molecule has 38 heavy (non-hydrogen) atoms. The van der Waals surface area contributed by atoms with E-state index < -0.39 is 50.5 Å². The normalized spacial score (nSPS) is 29.3. The molecule has 4 heterocycles. The van der Waals surface area contributed by atoms with Crippen LogP contribution in [0.1, 0.15) is 46.8 Å². The number of hydrogen-bond acceptors (Lipinski definition) is 12. The van der Waals surface area contributed by atoms with Gasteiger partial charge in [-0.1, -0.05) is 0 Å². The van der Waals surface area contributed by atoms with E-state index in [9.17, 15) is 14.5 Å². The number of carbonyl (C=O) groups is 1. The first-order chi connectivity index (χ1) is 17.8. The van der Waals surface area contributed by atoms with Gasteiger partial charge in [0.25, 0.3) is 5.85 Å². The van der Waals surface area contributed by atoms with Gasteiger partial charge < -0.3 is 29.7 Å². The van der Waals surface area contributed by atoms with Crippen LogP contribution in [-0.4, -0.2) is 86.4 Å². The van der Waals surface area contributed by atoms with Crippen molar-refractivity contribution < 1.29 is 37.2 Å². The predicted octanol–water partition coefficient (Wildman–Crippen LogP) is 1.67. The van der Waals surface area contributed by atoms with Gasteiger partial charge in [-0.3, -0.25) is 19.2 Å². The molecule has 2 saturated heterocycles. The molecule has 13 nitrogen and oxygen atoms in total. The van der Waals surface area contributed by atoms with Crippen LogP contribution in [0, 0.1) is 0 Å². The first-order valence-corrected chi connectivity index (χ1v) is 13.9. The number of alkyl halides is 2. The molecule has 1 unspecified atom stereocenters. The lowest BCUT2D eigenvalue weighted by Crippen LogP contribution is -2.46. The first kappa shape index (κ1) is 28.6. The highest BCUT2D eigenvalue weighted by Gasteiger charge is 2.64. The highest BCUT2D eigenvalue weighted by atomic mass is 31.1. The molecule has 4 rings (SSSR count). The maximum atomic E-state index is 15.8. The maximum Gasteiger partial charge on any atom is 0.323 e. The van der Waals surface area contributed by atoms with Crippen LogP contribution in [0.4, 0.5) is 20.5 Å². The maximum absolute atomic E-state index is 15.8. The van der Waals surface area contributed by atoms with Crippen molar-refractivity contribution >= 4 is 36.9 Å². The SMILES string of the molecule is CC(C)OC(=O)[C@H](C)NC[PH](=O)OC[C@@]1(F)O[C@@H](n2cnc3c(N4CCCC4)nc(N)nc32)[C@](C)(F)[C@@H]1O. The van der Waals surface area contributed by atoms with E-state index in [1.807, 2.05) is 4.90 Å². The van der Waals surface area contributed by atoms with Crippen LogP contribution in [0.2, 0.25) is 0 Å². The van der Waals surface area contributed by atoms with E-state index in [1.165, 1.54) is 13.3 Å². The second-order valence-corrected chi connectivity index (χ2v) is 11.4. The average Bonchev–Trinajstić information content (AvgIpc) is 3.56. The number of esters is 1. The highest BCUT2D eigenvalue weighted by Crippen LogP contribution is 2.49. The molecule has 2 fully saturated rings. The molecule has 0 saturated carbocycles. The molecule has 0 aromatic carbocycles. The molecule has 212 valence electrons. The summed E-state index contributed by atoms with van der Waals surface area (Å²) in [5.41, 5.74) is 3.71. The minimum absolute atomic E-state index is 0.0762. The number of fused-ring (bicyclic) bond motifs is 1. The van der Waals surface area contributed by atoms with Crippen LogP contribution in [0.15, 0.2) is 6.33 Å². The third-order valence-electron chi connectivity index (χ3n) is 6.50. The number of hydrogen-bond donors (Lipinski definition) is 3. The molecule has 2 aliphatic heterocycles. The number of nitrogen functional groups attached to an aromatic ring is 1. The number of imidazole rings is 1. The zero-order valence-electron chi connectivity index (χ0n) is 21.7. The summed E-state index contributed by atoms with van der Waals surface area (Å²) in [5.74, 6) is -3.18. The molecule has 2 aromatic rings. The third-order valence-corrected chi connectivity index (χ3v) is 7.46. The molecule has 0 aliphatic carbocycles. The van der Waals surface area contributed by atoms with Crippen molar-refractivity contribution in [3.05, 3.63) is 6.33 Å². The van der Waals surface area contributed by atoms with Crippen LogP contribution in [0.25, 0.3) is 11.2 Å². The van der Waals surface area contributed by atoms with Gasteiger partial charge in [0.05, 0.1) is 18.7 Å². The smallest absolute Gasteiger partial charge is 0.323 e. The quantitative estimate of drug-likeness (QED) is 0.284. The molecule has 0 amide bonds. The van der Waals surface area contributed by atoms with E-state index >= 15 is 8.78 Å². The zero-order valence-corrected chi connectivity index (χ0v) is 22.7. The number of anilines is 2. The number of ether oxygens (including phenoxy) is 2. The first-order valence-electron chi connectivity index (χ1n) is 12.4. The second-order valence-electron chi connectivity index (χ2n) is 9.98. The fourth-order valence-electron chi connectivity index (χ4n) is 4.49. The Kier molecular flexibility index (Phi) is 8.24. The summed E-state index contributed by atoms with van der Waals surface area (Å²) < 4.78 is 60.5. The summed E-state index contributed by atoms with van der Waals surface area (Å²) in [6, 6.07) is -0.782. The molecule has 0 bridgehead atoms. The van der Waals surface area contributed by atoms with Gasteiger partial charge in [-0.2, -0.15) is 9.97 Å². The van der Waals surface area contributed by atoms with Crippen LogP contribution in [-0.2, 0) is 23.4 Å². The van der Waals surface area contributed by atoms with Crippen LogP contribution in [0.5, 0.6) is 0 Å². The minimum atomic E-state index is -3.04. The summed E-state index contributed by atoms with van der Waals surface area (Å²) in [6.07, 6.45) is -1.42. The zero-order chi connectivity index (χ0) is 27.8. The average molecular weight is 562 g/mol. The van der Waals surface area contributed by atoms with E-state index in [1.54, 1.807) is 13.8 Å². The summed E-state index contributed by atoms with van der Waals surface area (Å²) in [4.78, 5) is 26.6. The summed E-state index contributed by atoms with van der Waals surface area (Å²) in [5, 5.41) is 13.2. The lowest BCUT2D eigenvalue weighted by Gasteiger charge is -2.25. The number of halogens is 2. The Morgan fingerprint density at radius 2 is 2.03 bits per heavy atom. The Bertz CT molecular complexity index is 1190. The van der Waals surface area contributed by atoms with Gasteiger partial charge in [-0.05, 0) is 40.5 Å². The van der Waals surface area contributed by atoms with E-state index in [0.29, 0.717) is 11.3 Å². The number of aliphatic hydroxyl groups is 1. The van der Waals surface area contributed by atoms with Crippen molar-refractivity contribution in [2.75, 3.05) is 36.6 Å². The summed E-state index contributed by atoms with van der Waals surface area (Å²) >= 11 is 0. The molecule has 0 radical (unpaired) electrons. The van der Waals surface area contributed by atoms with Gasteiger partial charge >= 0.3 is 5.97 Å². The summed E-state index contributed by atoms with van der Waals surface area (Å²) in [7, 11) is -2.94. The van der Waals surface area contributed by atoms with Crippen LogP contribution < -0.4 is 16.0 Å². The number of carbonyl (C=O) groups excluding carboxylic acids is 1. The van der Waals surface area contributed by atoms with Crippen molar-refractivity contribution in [1.29, 1.82) is 0 Å². The Morgan fingerprint density at radius 1 is 1.34 bits per heavy atom. The lowest BCUT2D eigenvalue weighted by molar-refractivity contribution is -0.201. The number of aromatic nitrogens is 4. The number of rotatable bonds is 10. The van der Waals surface area contributed by atoms with E-state index in [4.69, 9.17) is 19.7 Å². The molecule has 16 heteroatoms. The van der Waals surface area contributed by atoms with E-state index in [2.05, 4.69) is 20.3 Å². The number of nitrogens with two attached hydrogens (primary N) is 1. The second kappa shape index (κ2) is 11.0. The van der Waals surface area contributed by atoms with Gasteiger partial charge in [0, 0.05) is 13.1 Å². The predicted molar refractivity (Wildman–Crippen MR) is 134 cm³/mol. The fourth-order valence-corrected chi connectivity index (χ4v) is 5.42. The van der Waals surface area contributed by atoms with Crippen LogP contribution >= 0.6 is 8.03 Å². The van der Waals surface area contributed by atoms with Crippen molar-refractivity contribution in [3.63, 3.8) is 0 Å². The number of aliphatic hydroxyl groups excluding tert-OH is 1. The van der Waals surface area contributed by atoms with Crippen molar-refractivity contribution in [1.82, 2.24) is 24.8 Å². The Morgan fingerprint density at radius 3 is 2.68 bits per heavy atom. The lowest BCUT2D eigenvalue weighted by atomic mass is 9.97. The monoisotopic (exact) mass is 561 g/mol. The number of nitrogens with one attached hydrogen (secondary N) is 1. The van der Waals surface area contributed by atoms with E-state index in [0.717, 1.165) is 37.4 Å². The molecular weight excluding hydrogens is 527 g/mol. The highest BCUT2D eigenvalue weighted by molar-refractivity contribution is 7.39. The minimum Gasteiger partial charge on any atom is -0.462 e. The number of nitrogens with zero attached hydrogens (tertiary/aromatic N) is 5. The molecule has 2 aromatic heterocycles. The molecule has 4 N–H and O–H groups in total. The van der Waals surface area contributed by atoms with Gasteiger partial charge in [0.2, 0.25) is 14.0 Å². The Hall–Kier alpha value is -2.45. The van der Waals surface area contributed by atoms with Crippen molar-refractivity contribution in [2.24, 2.45) is 0 Å². The molecule has 6 atom stereocenters. The topological polar surface area (TPSA) is 167 Å². The Labute approximate surface area is 218 Å². The summed E-state index contributed by atoms with van der Waals surface area (Å²) in [6.45, 7) is 6.35. The molecule has 2 aliphatic rings. The fraction of sp³-hybridized carbons (Fsp3) is 0.727. The van der Waals surface area contributed by atoms with Crippen molar-refractivity contribution in [2.45, 2.75) is 76.5 Å². The van der Waals surface area contributed by atoms with Crippen molar-refractivity contribution in [3.8, 4) is 0 Å². The van der Waals surface area contributed by atoms with E-state index in [-0.39, 0.29) is 24.0 Å². The molecule has 0 spiro atoms. The van der Waals surface area contributed by atoms with Gasteiger partial charge in [-0.15, -0.1) is 0 Å². The molecular formula is C22H34F2N7O6P. The van der Waals surface area contributed by atoms with Gasteiger partial charge in [0.1, 0.15) is 12.6 Å². The Balaban J connectivity index is 1.47. The third kappa shape index (κ3) is 5.62.